The number of nitrogens with one attached hydrogen (secondary N) is 1. The van der Waals surface area contributed by atoms with Gasteiger partial charge in [0.2, 0.25) is 0 Å². The Kier molecular flexibility index (Phi) is 5.66. The van der Waals surface area contributed by atoms with Crippen LogP contribution in [-0.4, -0.2) is 15.3 Å². The van der Waals surface area contributed by atoms with Crippen molar-refractivity contribution in [3.8, 4) is 11.3 Å². The van der Waals surface area contributed by atoms with Gasteiger partial charge in [0.1, 0.15) is 17.0 Å². The zero-order valence-electron chi connectivity index (χ0n) is 17.8. The molecule has 4 nitrogen and oxygen atoms in total. The highest BCUT2D eigenvalue weighted by molar-refractivity contribution is 6.07. The first-order valence-corrected chi connectivity index (χ1v) is 10.5. The number of pyridine rings is 1. The largest absolute Gasteiger partial charge is 0.321 e. The highest BCUT2D eigenvalue weighted by Crippen LogP contribution is 2.26. The molecule has 1 amide bonds. The summed E-state index contributed by atoms with van der Waals surface area (Å²) in [5.41, 5.74) is 7.26. The molecule has 0 aliphatic heterocycles. The fraction of sp³-hybridized carbons (Fsp3) is 0.231. The van der Waals surface area contributed by atoms with Crippen LogP contribution in [0, 0.1) is 13.8 Å². The molecule has 30 heavy (non-hydrogen) atoms. The fourth-order valence-corrected chi connectivity index (χ4v) is 3.61. The topological polar surface area (TPSA) is 46.4 Å². The van der Waals surface area contributed by atoms with Gasteiger partial charge in [-0.25, -0.2) is 4.98 Å². The predicted octanol–water partition coefficient (Wildman–Crippen LogP) is 6.21. The van der Waals surface area contributed by atoms with Crippen molar-refractivity contribution in [1.29, 1.82) is 0 Å². The van der Waals surface area contributed by atoms with Gasteiger partial charge in [-0.2, -0.15) is 0 Å². The summed E-state index contributed by atoms with van der Waals surface area (Å²) >= 11 is 0. The van der Waals surface area contributed by atoms with E-state index < -0.39 is 0 Å². The molecule has 4 heteroatoms. The smallest absolute Gasteiger partial charge is 0.274 e. The normalized spacial score (nSPS) is 11.0. The van der Waals surface area contributed by atoms with E-state index in [1.807, 2.05) is 66.1 Å². The van der Waals surface area contributed by atoms with Gasteiger partial charge >= 0.3 is 0 Å². The van der Waals surface area contributed by atoms with Crippen LogP contribution in [-0.2, 0) is 6.42 Å². The minimum atomic E-state index is -0.162. The highest BCUT2D eigenvalue weighted by atomic mass is 16.2. The summed E-state index contributed by atoms with van der Waals surface area (Å²) in [5, 5.41) is 3.06. The van der Waals surface area contributed by atoms with Crippen molar-refractivity contribution in [3.05, 3.63) is 89.2 Å². The average Bonchev–Trinajstić information content (AvgIpc) is 3.12. The monoisotopic (exact) mass is 397 g/mol. The molecule has 2 aromatic heterocycles. The van der Waals surface area contributed by atoms with Gasteiger partial charge in [-0.1, -0.05) is 61.4 Å². The van der Waals surface area contributed by atoms with Crippen LogP contribution >= 0.6 is 0 Å². The Morgan fingerprint density at radius 1 is 0.933 bits per heavy atom. The molecule has 2 aromatic carbocycles. The number of carbonyl (C=O) groups is 1. The number of anilines is 1. The number of rotatable bonds is 6. The van der Waals surface area contributed by atoms with Crippen LogP contribution in [0.4, 0.5) is 5.69 Å². The van der Waals surface area contributed by atoms with E-state index >= 15 is 0 Å². The molecule has 0 fully saturated rings. The van der Waals surface area contributed by atoms with Gasteiger partial charge in [-0.3, -0.25) is 9.20 Å². The summed E-state index contributed by atoms with van der Waals surface area (Å²) in [6.45, 7) is 6.26. The Hall–Kier alpha value is -3.40. The lowest BCUT2D eigenvalue weighted by Crippen LogP contribution is -2.15. The van der Waals surface area contributed by atoms with Crippen LogP contribution in [0.15, 0.2) is 66.9 Å². The van der Waals surface area contributed by atoms with E-state index in [1.165, 1.54) is 24.0 Å². The quantitative estimate of drug-likeness (QED) is 0.420. The van der Waals surface area contributed by atoms with E-state index in [4.69, 9.17) is 4.98 Å². The number of hydrogen-bond acceptors (Lipinski definition) is 2. The molecule has 4 rings (SSSR count). The number of hydrogen-bond donors (Lipinski definition) is 1. The summed E-state index contributed by atoms with van der Waals surface area (Å²) in [6.07, 6.45) is 5.37. The summed E-state index contributed by atoms with van der Waals surface area (Å²) in [5.74, 6) is -0.162. The Morgan fingerprint density at radius 2 is 1.63 bits per heavy atom. The predicted molar refractivity (Wildman–Crippen MR) is 123 cm³/mol. The molecule has 0 radical (unpaired) electrons. The second-order valence-electron chi connectivity index (χ2n) is 7.86. The minimum Gasteiger partial charge on any atom is -0.321 e. The number of amides is 1. The maximum atomic E-state index is 13.3. The summed E-state index contributed by atoms with van der Waals surface area (Å²) in [6, 6.07) is 20.2. The molecule has 0 aliphatic rings. The Bertz CT molecular complexity index is 1170. The first kappa shape index (κ1) is 19.9. The number of aromatic nitrogens is 2. The lowest BCUT2D eigenvalue weighted by atomic mass is 10.1. The van der Waals surface area contributed by atoms with Gasteiger partial charge in [0, 0.05) is 17.4 Å². The first-order valence-electron chi connectivity index (χ1n) is 10.5. The number of nitrogens with zero attached hydrogens (tertiary/aromatic N) is 2. The van der Waals surface area contributed by atoms with Crippen molar-refractivity contribution in [2.75, 3.05) is 5.32 Å². The molecule has 0 bridgehead atoms. The number of imidazole rings is 1. The second-order valence-corrected chi connectivity index (χ2v) is 7.86. The van der Waals surface area contributed by atoms with Crippen LogP contribution in [0.25, 0.3) is 16.9 Å². The van der Waals surface area contributed by atoms with E-state index in [-0.39, 0.29) is 5.91 Å². The van der Waals surface area contributed by atoms with Crippen LogP contribution < -0.4 is 5.32 Å². The SMILES string of the molecule is CCCCc1ccc(NC(=O)c2c(-c3ccc(C)cc3)nc3ccc(C)cn23)cc1. The molecule has 0 saturated carbocycles. The average molecular weight is 398 g/mol. The molecule has 0 atom stereocenters. The van der Waals surface area contributed by atoms with Crippen LogP contribution in [0.3, 0.4) is 0 Å². The molecule has 2 heterocycles. The Labute approximate surface area is 177 Å². The Balaban J connectivity index is 1.71. The number of carbonyl (C=O) groups excluding carboxylic acids is 1. The van der Waals surface area contributed by atoms with Gasteiger partial charge in [0.15, 0.2) is 0 Å². The number of unbranched alkanes of at least 4 members (excludes halogenated alkanes) is 1. The van der Waals surface area contributed by atoms with E-state index in [1.54, 1.807) is 0 Å². The number of fused-ring (bicyclic) bond motifs is 1. The summed E-state index contributed by atoms with van der Waals surface area (Å²) in [4.78, 5) is 18.1. The number of benzene rings is 2. The molecule has 1 N–H and O–H groups in total. The lowest BCUT2D eigenvalue weighted by molar-refractivity contribution is 0.102. The molecule has 4 aromatic rings. The van der Waals surface area contributed by atoms with Crippen LogP contribution in [0.2, 0.25) is 0 Å². The molecular weight excluding hydrogens is 370 g/mol. The fourth-order valence-electron chi connectivity index (χ4n) is 3.61. The minimum absolute atomic E-state index is 0.162. The molecular formula is C26H27N3O. The van der Waals surface area contributed by atoms with Crippen molar-refractivity contribution in [2.45, 2.75) is 40.0 Å². The van der Waals surface area contributed by atoms with Crippen molar-refractivity contribution in [3.63, 3.8) is 0 Å². The third kappa shape index (κ3) is 4.13. The van der Waals surface area contributed by atoms with Gasteiger partial charge in [0.25, 0.3) is 5.91 Å². The molecule has 152 valence electrons. The van der Waals surface area contributed by atoms with Crippen molar-refractivity contribution < 1.29 is 4.79 Å². The van der Waals surface area contributed by atoms with E-state index in [0.29, 0.717) is 11.4 Å². The van der Waals surface area contributed by atoms with Crippen molar-refractivity contribution in [1.82, 2.24) is 9.38 Å². The lowest BCUT2D eigenvalue weighted by Gasteiger charge is -2.09. The van der Waals surface area contributed by atoms with E-state index in [2.05, 4.69) is 31.3 Å². The van der Waals surface area contributed by atoms with Gasteiger partial charge in [-0.15, -0.1) is 0 Å². The highest BCUT2D eigenvalue weighted by Gasteiger charge is 2.21. The van der Waals surface area contributed by atoms with E-state index in [0.717, 1.165) is 28.9 Å². The zero-order chi connectivity index (χ0) is 21.1. The van der Waals surface area contributed by atoms with Gasteiger partial charge < -0.3 is 5.32 Å². The summed E-state index contributed by atoms with van der Waals surface area (Å²) in [7, 11) is 0. The van der Waals surface area contributed by atoms with Crippen molar-refractivity contribution in [2.24, 2.45) is 0 Å². The van der Waals surface area contributed by atoms with Crippen LogP contribution in [0.1, 0.15) is 46.9 Å². The third-order valence-electron chi connectivity index (χ3n) is 5.34. The van der Waals surface area contributed by atoms with Gasteiger partial charge in [-0.05, 0) is 56.0 Å². The number of aryl methyl sites for hydroxylation is 3. The molecule has 0 unspecified atom stereocenters. The van der Waals surface area contributed by atoms with E-state index in [9.17, 15) is 4.79 Å². The standard InChI is InChI=1S/C26H27N3O/c1-4-5-6-20-10-14-22(15-11-20)27-26(30)25-24(21-12-7-18(2)8-13-21)28-23-16-9-19(3)17-29(23)25/h7-17H,4-6H2,1-3H3,(H,27,30). The first-order chi connectivity index (χ1) is 14.5. The molecule has 0 spiro atoms. The van der Waals surface area contributed by atoms with Gasteiger partial charge in [0.05, 0.1) is 0 Å². The molecule has 0 aliphatic carbocycles. The summed E-state index contributed by atoms with van der Waals surface area (Å²) < 4.78 is 1.88. The second kappa shape index (κ2) is 8.54. The molecule has 0 saturated heterocycles. The van der Waals surface area contributed by atoms with Crippen molar-refractivity contribution >= 4 is 17.2 Å². The maximum absolute atomic E-state index is 13.3. The maximum Gasteiger partial charge on any atom is 0.274 e. The third-order valence-corrected chi connectivity index (χ3v) is 5.34. The zero-order valence-corrected chi connectivity index (χ0v) is 17.8. The van der Waals surface area contributed by atoms with Crippen LogP contribution in [0.5, 0.6) is 0 Å². The Morgan fingerprint density at radius 3 is 2.33 bits per heavy atom.